The molecule has 3 rings (SSSR count). The van der Waals surface area contributed by atoms with E-state index in [1.165, 1.54) is 6.20 Å². The minimum atomic E-state index is -0.286. The number of rotatable bonds is 7. The summed E-state index contributed by atoms with van der Waals surface area (Å²) in [5, 5.41) is 6.11. The van der Waals surface area contributed by atoms with Crippen LogP contribution >= 0.6 is 0 Å². The number of aromatic nitrogens is 2. The molecule has 0 unspecified atom stereocenters. The van der Waals surface area contributed by atoms with Crippen molar-refractivity contribution in [2.24, 2.45) is 0 Å². The van der Waals surface area contributed by atoms with E-state index in [1.807, 2.05) is 38.1 Å². The number of carbonyl (C=O) groups is 1. The molecule has 0 aliphatic rings. The molecule has 2 aromatic carbocycles. The van der Waals surface area contributed by atoms with Crippen molar-refractivity contribution in [1.29, 1.82) is 0 Å². The summed E-state index contributed by atoms with van der Waals surface area (Å²) < 4.78 is 0. The van der Waals surface area contributed by atoms with Crippen LogP contribution in [0.3, 0.4) is 0 Å². The van der Waals surface area contributed by atoms with Crippen molar-refractivity contribution in [2.75, 3.05) is 28.6 Å². The largest absolute Gasteiger partial charge is 0.372 e. The van der Waals surface area contributed by atoms with Crippen molar-refractivity contribution in [2.45, 2.75) is 27.7 Å². The van der Waals surface area contributed by atoms with Crippen LogP contribution in [0.1, 0.15) is 35.5 Å². The fraction of sp³-hybridized carbons (Fsp3) is 0.261. The van der Waals surface area contributed by atoms with Gasteiger partial charge in [-0.15, -0.1) is 0 Å². The molecule has 0 radical (unpaired) electrons. The van der Waals surface area contributed by atoms with Gasteiger partial charge < -0.3 is 15.5 Å². The highest BCUT2D eigenvalue weighted by molar-refractivity contribution is 6.02. The number of amides is 1. The van der Waals surface area contributed by atoms with E-state index in [0.29, 0.717) is 5.82 Å². The first-order valence-electron chi connectivity index (χ1n) is 9.82. The summed E-state index contributed by atoms with van der Waals surface area (Å²) in [6, 6.07) is 14.0. The van der Waals surface area contributed by atoms with Gasteiger partial charge in [-0.25, -0.2) is 9.97 Å². The molecular formula is C23H27N5O. The minimum Gasteiger partial charge on any atom is -0.372 e. The minimum absolute atomic E-state index is 0.268. The first-order chi connectivity index (χ1) is 14.0. The van der Waals surface area contributed by atoms with Crippen LogP contribution in [0.15, 0.2) is 54.9 Å². The van der Waals surface area contributed by atoms with E-state index in [9.17, 15) is 4.79 Å². The Kier molecular flexibility index (Phi) is 6.44. The molecule has 0 fully saturated rings. The summed E-state index contributed by atoms with van der Waals surface area (Å²) in [4.78, 5) is 23.3. The van der Waals surface area contributed by atoms with Crippen molar-refractivity contribution in [3.05, 3.63) is 71.7 Å². The molecular weight excluding hydrogens is 362 g/mol. The summed E-state index contributed by atoms with van der Waals surface area (Å²) >= 11 is 0. The standard InChI is InChI=1S/C23H27N5O/c1-5-28(6-2)19-11-9-18(10-12-19)26-23(29)21-14-25-22(15-24-21)27-20-13-16(3)7-8-17(20)4/h7-15H,5-6H2,1-4H3,(H,25,27)(H,26,29). The molecule has 6 nitrogen and oxygen atoms in total. The van der Waals surface area contributed by atoms with Crippen LogP contribution in [-0.4, -0.2) is 29.0 Å². The molecule has 0 saturated heterocycles. The molecule has 1 aromatic heterocycles. The summed E-state index contributed by atoms with van der Waals surface area (Å²) in [6.45, 7) is 10.2. The van der Waals surface area contributed by atoms with Gasteiger partial charge in [-0.2, -0.15) is 0 Å². The average molecular weight is 390 g/mol. The molecule has 1 amide bonds. The molecule has 150 valence electrons. The molecule has 0 aliphatic carbocycles. The van der Waals surface area contributed by atoms with Gasteiger partial charge in [0.1, 0.15) is 11.5 Å². The Morgan fingerprint density at radius 1 is 0.966 bits per heavy atom. The van der Waals surface area contributed by atoms with Crippen LogP contribution in [0.5, 0.6) is 0 Å². The van der Waals surface area contributed by atoms with E-state index < -0.39 is 0 Å². The maximum Gasteiger partial charge on any atom is 0.275 e. The fourth-order valence-electron chi connectivity index (χ4n) is 3.06. The monoisotopic (exact) mass is 389 g/mol. The third-order valence-corrected chi connectivity index (χ3v) is 4.79. The van der Waals surface area contributed by atoms with Crippen LogP contribution in [-0.2, 0) is 0 Å². The van der Waals surface area contributed by atoms with Crippen molar-refractivity contribution in [1.82, 2.24) is 9.97 Å². The molecule has 0 aliphatic heterocycles. The van der Waals surface area contributed by atoms with E-state index in [0.717, 1.165) is 41.3 Å². The summed E-state index contributed by atoms with van der Waals surface area (Å²) in [5.74, 6) is 0.310. The highest BCUT2D eigenvalue weighted by Crippen LogP contribution is 2.21. The molecule has 0 spiro atoms. The lowest BCUT2D eigenvalue weighted by Gasteiger charge is -2.21. The summed E-state index contributed by atoms with van der Waals surface area (Å²) in [7, 11) is 0. The van der Waals surface area contributed by atoms with Gasteiger partial charge in [0.25, 0.3) is 5.91 Å². The Hall–Kier alpha value is -3.41. The van der Waals surface area contributed by atoms with Crippen LogP contribution in [0.4, 0.5) is 22.9 Å². The van der Waals surface area contributed by atoms with Gasteiger partial charge >= 0.3 is 0 Å². The Labute approximate surface area is 172 Å². The van der Waals surface area contributed by atoms with Crippen molar-refractivity contribution in [3.63, 3.8) is 0 Å². The Morgan fingerprint density at radius 3 is 2.31 bits per heavy atom. The van der Waals surface area contributed by atoms with Crippen molar-refractivity contribution in [3.8, 4) is 0 Å². The van der Waals surface area contributed by atoms with Gasteiger partial charge in [0.2, 0.25) is 0 Å². The van der Waals surface area contributed by atoms with E-state index in [2.05, 4.69) is 57.5 Å². The van der Waals surface area contributed by atoms with E-state index >= 15 is 0 Å². The first-order valence-corrected chi connectivity index (χ1v) is 9.82. The molecule has 2 N–H and O–H groups in total. The first kappa shape index (κ1) is 20.3. The quantitative estimate of drug-likeness (QED) is 0.599. The second-order valence-electron chi connectivity index (χ2n) is 6.90. The number of benzene rings is 2. The van der Waals surface area contributed by atoms with Crippen molar-refractivity contribution >= 4 is 28.8 Å². The fourth-order valence-corrected chi connectivity index (χ4v) is 3.06. The lowest BCUT2D eigenvalue weighted by atomic mass is 10.1. The second kappa shape index (κ2) is 9.19. The molecule has 0 saturated carbocycles. The van der Waals surface area contributed by atoms with Crippen molar-refractivity contribution < 1.29 is 4.79 Å². The molecule has 0 bridgehead atoms. The Morgan fingerprint density at radius 2 is 1.69 bits per heavy atom. The molecule has 6 heteroatoms. The summed E-state index contributed by atoms with van der Waals surface area (Å²) in [6.07, 6.45) is 3.05. The lowest BCUT2D eigenvalue weighted by molar-refractivity contribution is 0.102. The van der Waals surface area contributed by atoms with Crippen LogP contribution in [0.25, 0.3) is 0 Å². The highest BCUT2D eigenvalue weighted by Gasteiger charge is 2.10. The normalized spacial score (nSPS) is 10.5. The van der Waals surface area contributed by atoms with Gasteiger partial charge in [0.15, 0.2) is 0 Å². The number of carbonyl (C=O) groups excluding carboxylic acids is 1. The third kappa shape index (κ3) is 5.10. The topological polar surface area (TPSA) is 70.2 Å². The number of nitrogens with zero attached hydrogens (tertiary/aromatic N) is 3. The molecule has 1 heterocycles. The Bertz CT molecular complexity index is 964. The van der Waals surface area contributed by atoms with Gasteiger partial charge in [-0.05, 0) is 69.2 Å². The van der Waals surface area contributed by atoms with E-state index in [1.54, 1.807) is 6.20 Å². The molecule has 0 atom stereocenters. The molecule has 3 aromatic rings. The maximum atomic E-state index is 12.5. The third-order valence-electron chi connectivity index (χ3n) is 4.79. The second-order valence-corrected chi connectivity index (χ2v) is 6.90. The number of aryl methyl sites for hydroxylation is 2. The molecule has 29 heavy (non-hydrogen) atoms. The zero-order valence-electron chi connectivity index (χ0n) is 17.4. The van der Waals surface area contributed by atoms with Gasteiger partial charge in [-0.1, -0.05) is 12.1 Å². The number of anilines is 4. The predicted octanol–water partition coefficient (Wildman–Crippen LogP) is 4.94. The van der Waals surface area contributed by atoms with Crippen LogP contribution < -0.4 is 15.5 Å². The lowest BCUT2D eigenvalue weighted by Crippen LogP contribution is -2.21. The smallest absolute Gasteiger partial charge is 0.275 e. The summed E-state index contributed by atoms with van der Waals surface area (Å²) in [5.41, 5.74) is 5.38. The Balaban J connectivity index is 1.65. The zero-order valence-corrected chi connectivity index (χ0v) is 17.4. The number of hydrogen-bond donors (Lipinski definition) is 2. The average Bonchev–Trinajstić information content (AvgIpc) is 2.73. The van der Waals surface area contributed by atoms with E-state index in [4.69, 9.17) is 0 Å². The predicted molar refractivity (Wildman–Crippen MR) is 119 cm³/mol. The van der Waals surface area contributed by atoms with Gasteiger partial charge in [0, 0.05) is 30.2 Å². The number of nitrogens with one attached hydrogen (secondary N) is 2. The number of hydrogen-bond acceptors (Lipinski definition) is 5. The zero-order chi connectivity index (χ0) is 20.8. The van der Waals surface area contributed by atoms with Crippen LogP contribution in [0, 0.1) is 13.8 Å². The SMILES string of the molecule is CCN(CC)c1ccc(NC(=O)c2cnc(Nc3cc(C)ccc3C)cn2)cc1. The van der Waals surface area contributed by atoms with Gasteiger partial charge in [-0.3, -0.25) is 4.79 Å². The maximum absolute atomic E-state index is 12.5. The van der Waals surface area contributed by atoms with Gasteiger partial charge in [0.05, 0.1) is 12.4 Å². The van der Waals surface area contributed by atoms with Crippen LogP contribution in [0.2, 0.25) is 0 Å². The highest BCUT2D eigenvalue weighted by atomic mass is 16.1. The van der Waals surface area contributed by atoms with E-state index in [-0.39, 0.29) is 11.6 Å².